The summed E-state index contributed by atoms with van der Waals surface area (Å²) in [6.45, 7) is 3.11. The molecular weight excluding hydrogens is 151 g/mol. The molecule has 0 bridgehead atoms. The van der Waals surface area contributed by atoms with E-state index in [2.05, 4.69) is 11.3 Å². The molecule has 0 aliphatic heterocycles. The summed E-state index contributed by atoms with van der Waals surface area (Å²) in [6, 6.07) is 0. The Balaban J connectivity index is 3.40. The zero-order valence-corrected chi connectivity index (χ0v) is 5.50. The minimum Gasteiger partial charge on any atom is -0.414 e. The predicted molar refractivity (Wildman–Crippen MR) is 31.8 cm³/mol. The van der Waals surface area contributed by atoms with Gasteiger partial charge < -0.3 is 4.74 Å². The topological polar surface area (TPSA) is 26.3 Å². The van der Waals surface area contributed by atoms with Crippen LogP contribution >= 0.6 is 23.2 Å². The third-order valence-electron chi connectivity index (χ3n) is 0.334. The van der Waals surface area contributed by atoms with Gasteiger partial charge in [0.2, 0.25) is 0 Å². The van der Waals surface area contributed by atoms with Crippen molar-refractivity contribution in [2.75, 3.05) is 5.88 Å². The summed E-state index contributed by atoms with van der Waals surface area (Å²) in [5.41, 5.74) is 0. The molecule has 0 aromatic carbocycles. The summed E-state index contributed by atoms with van der Waals surface area (Å²) in [5, 5.41) is -0.157. The van der Waals surface area contributed by atoms with E-state index in [1.54, 1.807) is 0 Å². The van der Waals surface area contributed by atoms with Crippen LogP contribution in [-0.4, -0.2) is 11.8 Å². The number of alkyl halides is 1. The van der Waals surface area contributed by atoms with E-state index in [1.165, 1.54) is 0 Å². The lowest BCUT2D eigenvalue weighted by Crippen LogP contribution is -2.01. The Kier molecular flexibility index (Phi) is 3.65. The predicted octanol–water partition coefficient (Wildman–Crippen LogP) is 1.48. The first-order valence-electron chi connectivity index (χ1n) is 1.78. The number of carbonyl (C=O) groups excluding carboxylic acids is 1. The van der Waals surface area contributed by atoms with Gasteiger partial charge in [-0.2, -0.15) is 0 Å². The van der Waals surface area contributed by atoms with E-state index in [1.807, 2.05) is 0 Å². The number of carbonyl (C=O) groups is 1. The lowest BCUT2D eigenvalue weighted by molar-refractivity contribution is -0.135. The van der Waals surface area contributed by atoms with Gasteiger partial charge in [0.25, 0.3) is 0 Å². The quantitative estimate of drug-likeness (QED) is 0.343. The molecule has 0 N–H and O–H groups in total. The van der Waals surface area contributed by atoms with Crippen molar-refractivity contribution in [3.8, 4) is 0 Å². The first-order chi connectivity index (χ1) is 3.66. The van der Waals surface area contributed by atoms with E-state index in [-0.39, 0.29) is 11.1 Å². The molecule has 0 fully saturated rings. The van der Waals surface area contributed by atoms with Crippen LogP contribution in [0.5, 0.6) is 0 Å². The third-order valence-corrected chi connectivity index (χ3v) is 0.629. The Morgan fingerprint density at radius 1 is 1.75 bits per heavy atom. The monoisotopic (exact) mass is 154 g/mol. The van der Waals surface area contributed by atoms with Crippen molar-refractivity contribution >= 4 is 29.2 Å². The molecule has 8 heavy (non-hydrogen) atoms. The maximum Gasteiger partial charge on any atom is 0.327 e. The molecule has 0 saturated heterocycles. The van der Waals surface area contributed by atoms with Crippen molar-refractivity contribution < 1.29 is 9.53 Å². The van der Waals surface area contributed by atoms with Crippen LogP contribution in [0.4, 0.5) is 0 Å². The molecule has 0 aromatic heterocycles. The second-order valence-corrected chi connectivity index (χ2v) is 1.65. The van der Waals surface area contributed by atoms with Crippen LogP contribution in [0, 0.1) is 0 Å². The van der Waals surface area contributed by atoms with Gasteiger partial charge in [-0.15, -0.1) is 11.6 Å². The van der Waals surface area contributed by atoms with Crippen LogP contribution in [0.1, 0.15) is 0 Å². The molecule has 0 aliphatic carbocycles. The molecule has 0 amide bonds. The average molecular weight is 155 g/mol. The Hall–Kier alpha value is -0.210. The molecule has 0 rings (SSSR count). The minimum atomic E-state index is -0.591. The van der Waals surface area contributed by atoms with Crippen molar-refractivity contribution in [3.63, 3.8) is 0 Å². The van der Waals surface area contributed by atoms with Crippen molar-refractivity contribution in [2.45, 2.75) is 0 Å². The zero-order chi connectivity index (χ0) is 6.57. The Labute approximate surface area is 57.0 Å². The van der Waals surface area contributed by atoms with E-state index in [0.29, 0.717) is 0 Å². The summed E-state index contributed by atoms with van der Waals surface area (Å²) >= 11 is 10.1. The molecular formula is C4H4Cl2O2. The molecule has 0 saturated carbocycles. The van der Waals surface area contributed by atoms with E-state index in [4.69, 9.17) is 23.2 Å². The van der Waals surface area contributed by atoms with E-state index < -0.39 is 5.97 Å². The van der Waals surface area contributed by atoms with Gasteiger partial charge >= 0.3 is 5.97 Å². The smallest absolute Gasteiger partial charge is 0.327 e. The molecule has 0 atom stereocenters. The summed E-state index contributed by atoms with van der Waals surface area (Å²) < 4.78 is 4.20. The van der Waals surface area contributed by atoms with Crippen LogP contribution in [0.2, 0.25) is 0 Å². The fraction of sp³-hybridized carbons (Fsp3) is 0.250. The minimum absolute atomic E-state index is 0.157. The first-order valence-corrected chi connectivity index (χ1v) is 2.69. The second kappa shape index (κ2) is 3.75. The number of ether oxygens (including phenoxy) is 1. The summed E-state index contributed by atoms with van der Waals surface area (Å²) in [7, 11) is 0. The van der Waals surface area contributed by atoms with Gasteiger partial charge in [0.05, 0.1) is 0 Å². The highest BCUT2D eigenvalue weighted by molar-refractivity contribution is 6.30. The standard InChI is InChI=1S/C4H4Cl2O2/c1-3(6)8-4(7)2-5/h1-2H2. The third kappa shape index (κ3) is 3.96. The number of hydrogen-bond donors (Lipinski definition) is 0. The summed E-state index contributed by atoms with van der Waals surface area (Å²) in [4.78, 5) is 10.1. The lowest BCUT2D eigenvalue weighted by Gasteiger charge is -1.93. The molecule has 4 heteroatoms. The van der Waals surface area contributed by atoms with Crippen LogP contribution < -0.4 is 0 Å². The zero-order valence-electron chi connectivity index (χ0n) is 3.99. The fourth-order valence-electron chi connectivity index (χ4n) is 0.151. The van der Waals surface area contributed by atoms with Gasteiger partial charge in [-0.1, -0.05) is 0 Å². The van der Waals surface area contributed by atoms with Crippen LogP contribution in [0.25, 0.3) is 0 Å². The lowest BCUT2D eigenvalue weighted by atomic mass is 10.8. The Bertz CT molecular complexity index is 111. The highest BCUT2D eigenvalue weighted by Gasteiger charge is 1.98. The van der Waals surface area contributed by atoms with Gasteiger partial charge in [-0.3, -0.25) is 4.79 Å². The van der Waals surface area contributed by atoms with Crippen molar-refractivity contribution in [1.82, 2.24) is 0 Å². The maximum atomic E-state index is 10.1. The van der Waals surface area contributed by atoms with Crippen molar-refractivity contribution in [2.24, 2.45) is 0 Å². The highest BCUT2D eigenvalue weighted by Crippen LogP contribution is 1.98. The number of hydrogen-bond acceptors (Lipinski definition) is 2. The second-order valence-electron chi connectivity index (χ2n) is 0.963. The summed E-state index contributed by atoms with van der Waals surface area (Å²) in [6.07, 6.45) is 0. The van der Waals surface area contributed by atoms with Gasteiger partial charge in [-0.05, 0) is 18.2 Å². The molecule has 0 radical (unpaired) electrons. The molecule has 2 nitrogen and oxygen atoms in total. The molecule has 0 spiro atoms. The Morgan fingerprint density at radius 3 is 2.38 bits per heavy atom. The molecule has 0 aliphatic rings. The SMILES string of the molecule is C=C(Cl)OC(=O)CCl. The van der Waals surface area contributed by atoms with Crippen LogP contribution in [0.15, 0.2) is 11.8 Å². The number of esters is 1. The first kappa shape index (κ1) is 7.79. The van der Waals surface area contributed by atoms with Gasteiger partial charge in [0.1, 0.15) is 5.88 Å². The van der Waals surface area contributed by atoms with Crippen molar-refractivity contribution in [3.05, 3.63) is 11.8 Å². The average Bonchev–Trinajstić information content (AvgIpc) is 1.65. The molecule has 0 aromatic rings. The highest BCUT2D eigenvalue weighted by atomic mass is 35.5. The van der Waals surface area contributed by atoms with Crippen molar-refractivity contribution in [1.29, 1.82) is 0 Å². The van der Waals surface area contributed by atoms with Gasteiger partial charge in [0.15, 0.2) is 5.22 Å². The van der Waals surface area contributed by atoms with Crippen LogP contribution in [0.3, 0.4) is 0 Å². The normalized spacial score (nSPS) is 8.25. The van der Waals surface area contributed by atoms with Gasteiger partial charge in [0, 0.05) is 0 Å². The number of halogens is 2. The molecule has 46 valence electrons. The van der Waals surface area contributed by atoms with Crippen LogP contribution in [-0.2, 0) is 9.53 Å². The van der Waals surface area contributed by atoms with E-state index in [0.717, 1.165) is 0 Å². The Morgan fingerprint density at radius 2 is 2.25 bits per heavy atom. The van der Waals surface area contributed by atoms with E-state index in [9.17, 15) is 4.79 Å². The molecule has 0 unspecified atom stereocenters. The van der Waals surface area contributed by atoms with Gasteiger partial charge in [-0.25, -0.2) is 0 Å². The maximum absolute atomic E-state index is 10.1. The fourth-order valence-corrected chi connectivity index (χ4v) is 0.291. The largest absolute Gasteiger partial charge is 0.414 e. The van der Waals surface area contributed by atoms with E-state index >= 15 is 0 Å². The molecule has 0 heterocycles. The number of rotatable bonds is 2. The summed E-state index contributed by atoms with van der Waals surface area (Å²) in [5.74, 6) is -0.794.